The van der Waals surface area contributed by atoms with E-state index < -0.39 is 21.7 Å². The van der Waals surface area contributed by atoms with E-state index in [2.05, 4.69) is 27.4 Å². The molecule has 0 aliphatic heterocycles. The van der Waals surface area contributed by atoms with Crippen molar-refractivity contribution in [1.29, 1.82) is 0 Å². The van der Waals surface area contributed by atoms with Gasteiger partial charge in [-0.2, -0.15) is 0 Å². The van der Waals surface area contributed by atoms with Gasteiger partial charge in [-0.15, -0.1) is 11.3 Å². The van der Waals surface area contributed by atoms with Crippen LogP contribution in [0.1, 0.15) is 21.6 Å². The molecule has 0 spiro atoms. The first-order valence-corrected chi connectivity index (χ1v) is 12.5. The minimum atomic E-state index is -3.02. The Kier molecular flexibility index (Phi) is 6.19. The van der Waals surface area contributed by atoms with E-state index in [4.69, 9.17) is 0 Å². The van der Waals surface area contributed by atoms with Gasteiger partial charge in [-0.1, -0.05) is 47.7 Å². The largest absolute Gasteiger partial charge is 0.480 e. The molecule has 2 heterocycles. The molecule has 2 atom stereocenters. The number of carboxylic acid groups (broad SMARTS) is 1. The smallest absolute Gasteiger partial charge is 0.321 e. The second kappa shape index (κ2) is 9.05. The summed E-state index contributed by atoms with van der Waals surface area (Å²) in [6, 6.07) is 18.0. The van der Waals surface area contributed by atoms with Crippen molar-refractivity contribution in [3.05, 3.63) is 88.4 Å². The number of fused-ring (bicyclic) bond motifs is 1. The fourth-order valence-corrected chi connectivity index (χ4v) is 5.91. The highest BCUT2D eigenvalue weighted by Crippen LogP contribution is 2.23. The molecule has 1 unspecified atom stereocenters. The predicted molar refractivity (Wildman–Crippen MR) is 132 cm³/mol. The third-order valence-electron chi connectivity index (χ3n) is 5.02. The van der Waals surface area contributed by atoms with Crippen LogP contribution >= 0.6 is 11.3 Å². The van der Waals surface area contributed by atoms with Crippen LogP contribution in [0.3, 0.4) is 0 Å². The quantitative estimate of drug-likeness (QED) is 0.297. The number of aromatic amines is 1. The van der Waals surface area contributed by atoms with E-state index in [9.17, 15) is 14.1 Å². The summed E-state index contributed by atoms with van der Waals surface area (Å²) in [7, 11) is -3.02. The maximum atomic E-state index is 13.3. The van der Waals surface area contributed by atoms with Crippen LogP contribution in [-0.4, -0.2) is 32.2 Å². The van der Waals surface area contributed by atoms with Gasteiger partial charge in [-0.3, -0.25) is 4.79 Å². The van der Waals surface area contributed by atoms with Crippen LogP contribution in [0.2, 0.25) is 0 Å². The van der Waals surface area contributed by atoms with Gasteiger partial charge in [0.15, 0.2) is 0 Å². The molecule has 0 bridgehead atoms. The highest BCUT2D eigenvalue weighted by Gasteiger charge is 2.24. The summed E-state index contributed by atoms with van der Waals surface area (Å²) in [5, 5.41) is 10.7. The van der Waals surface area contributed by atoms with Gasteiger partial charge in [0.2, 0.25) is 0 Å². The Morgan fingerprint density at radius 1 is 1.16 bits per heavy atom. The van der Waals surface area contributed by atoms with Crippen molar-refractivity contribution < 1.29 is 14.1 Å². The fraction of sp³-hybridized carbons (Fsp3) is 0.120. The predicted octanol–water partition coefficient (Wildman–Crippen LogP) is 4.21. The number of hydrogen-bond donors (Lipinski definition) is 3. The van der Waals surface area contributed by atoms with E-state index in [1.165, 1.54) is 11.3 Å². The van der Waals surface area contributed by atoms with E-state index in [0.717, 1.165) is 32.5 Å². The monoisotopic (exact) mass is 462 g/mol. The number of H-pyrrole nitrogens is 1. The molecule has 0 fully saturated rings. The Hall–Kier alpha value is -3.31. The lowest BCUT2D eigenvalue weighted by atomic mass is 10.1. The van der Waals surface area contributed by atoms with Crippen LogP contribution in [0.25, 0.3) is 10.9 Å². The second-order valence-corrected chi connectivity index (χ2v) is 10.9. The summed E-state index contributed by atoms with van der Waals surface area (Å²) < 4.78 is 16.5. The molecule has 0 saturated heterocycles. The normalized spacial score (nSPS) is 13.8. The van der Waals surface area contributed by atoms with E-state index >= 15 is 0 Å². The van der Waals surface area contributed by atoms with Gasteiger partial charge in [-0.05, 0) is 48.7 Å². The van der Waals surface area contributed by atoms with Gasteiger partial charge >= 0.3 is 5.97 Å². The van der Waals surface area contributed by atoms with E-state index in [-0.39, 0.29) is 6.42 Å². The molecule has 7 heteroatoms. The Labute approximate surface area is 191 Å². The topological polar surface area (TPSA) is 82.2 Å². The molecule has 2 aromatic heterocycles. The first-order valence-electron chi connectivity index (χ1n) is 9.93. The number of carboxylic acids is 1. The molecule has 32 heavy (non-hydrogen) atoms. The van der Waals surface area contributed by atoms with E-state index in [0.29, 0.717) is 4.21 Å². The number of aliphatic carboxylic acids is 1. The maximum absolute atomic E-state index is 13.3. The minimum Gasteiger partial charge on any atom is -0.480 e. The molecule has 0 aliphatic carbocycles. The van der Waals surface area contributed by atoms with Crippen molar-refractivity contribution in [2.24, 2.45) is 0 Å². The first kappa shape index (κ1) is 21.9. The number of thiophene rings is 1. The highest BCUT2D eigenvalue weighted by molar-refractivity contribution is 8.00. The first-order chi connectivity index (χ1) is 15.3. The number of para-hydroxylation sites is 1. The molecule has 0 radical (unpaired) electrons. The Bertz CT molecular complexity index is 1440. The third-order valence-corrected chi connectivity index (χ3v) is 8.32. The standard InChI is InChI=1S/C25H22N2O3S2/c1-17-7-9-18(10-8-17)11-12-20-13-14-24(31-20)32(2,30)27-23(25(28)29)15-19-16-26-22-6-4-3-5-21(19)22/h3-10,13-14,16,23,26H,2,15H2,1H3,(H,27,30)(H,28,29)/t23-,32?/m1/s1. The van der Waals surface area contributed by atoms with Gasteiger partial charge in [-0.25, -0.2) is 8.93 Å². The Balaban J connectivity index is 1.52. The van der Waals surface area contributed by atoms with Gasteiger partial charge in [0.1, 0.15) is 6.04 Å². The minimum absolute atomic E-state index is 0.178. The number of nitrogens with one attached hydrogen (secondary N) is 2. The van der Waals surface area contributed by atoms with Crippen molar-refractivity contribution in [1.82, 2.24) is 9.71 Å². The zero-order valence-electron chi connectivity index (χ0n) is 17.4. The number of aryl methyl sites for hydroxylation is 1. The summed E-state index contributed by atoms with van der Waals surface area (Å²) in [5.41, 5.74) is 3.82. The van der Waals surface area contributed by atoms with Crippen molar-refractivity contribution in [3.8, 4) is 11.8 Å². The zero-order chi connectivity index (χ0) is 22.7. The van der Waals surface area contributed by atoms with Gasteiger partial charge in [0.05, 0.1) is 18.8 Å². The van der Waals surface area contributed by atoms with Crippen LogP contribution in [0.4, 0.5) is 0 Å². The van der Waals surface area contributed by atoms with Crippen LogP contribution < -0.4 is 4.72 Å². The fourth-order valence-electron chi connectivity index (χ4n) is 3.32. The van der Waals surface area contributed by atoms with Crippen molar-refractivity contribution in [2.45, 2.75) is 23.6 Å². The maximum Gasteiger partial charge on any atom is 0.321 e. The number of benzene rings is 2. The number of aromatic nitrogens is 1. The molecular weight excluding hydrogens is 440 g/mol. The van der Waals surface area contributed by atoms with Crippen LogP contribution in [0, 0.1) is 18.8 Å². The molecule has 4 rings (SSSR count). The second-order valence-electron chi connectivity index (χ2n) is 7.48. The lowest BCUT2D eigenvalue weighted by molar-refractivity contribution is -0.138. The molecule has 4 aromatic rings. The summed E-state index contributed by atoms with van der Waals surface area (Å²) in [6.07, 6.45) is 1.97. The molecule has 2 aromatic carbocycles. The van der Waals surface area contributed by atoms with Gasteiger partial charge < -0.3 is 10.1 Å². The van der Waals surface area contributed by atoms with Crippen molar-refractivity contribution in [3.63, 3.8) is 0 Å². The van der Waals surface area contributed by atoms with Crippen molar-refractivity contribution >= 4 is 43.8 Å². The Morgan fingerprint density at radius 2 is 1.91 bits per heavy atom. The molecule has 3 N–H and O–H groups in total. The highest BCUT2D eigenvalue weighted by atomic mass is 32.2. The number of hydrogen-bond acceptors (Lipinski definition) is 3. The van der Waals surface area contributed by atoms with Crippen molar-refractivity contribution in [2.75, 3.05) is 0 Å². The summed E-state index contributed by atoms with van der Waals surface area (Å²) in [5.74, 6) is 8.88. The van der Waals surface area contributed by atoms with Crippen LogP contribution in [0.5, 0.6) is 0 Å². The molecule has 0 aliphatic rings. The lowest BCUT2D eigenvalue weighted by Crippen LogP contribution is -2.41. The molecule has 162 valence electrons. The SMILES string of the molecule is C=S(=O)(N[C@H](Cc1c[nH]c2ccccc12)C(=O)O)c1ccc(C#Cc2ccc(C)cc2)s1. The van der Waals surface area contributed by atoms with E-state index in [1.54, 1.807) is 18.3 Å². The number of carbonyl (C=O) groups is 1. The van der Waals surface area contributed by atoms with E-state index in [1.807, 2.05) is 55.5 Å². The number of rotatable bonds is 6. The molecule has 0 amide bonds. The van der Waals surface area contributed by atoms with Gasteiger partial charge in [0.25, 0.3) is 0 Å². The lowest BCUT2D eigenvalue weighted by Gasteiger charge is -2.17. The Morgan fingerprint density at radius 3 is 2.66 bits per heavy atom. The van der Waals surface area contributed by atoms with Crippen LogP contribution in [0.15, 0.2) is 71.1 Å². The molecule has 5 nitrogen and oxygen atoms in total. The summed E-state index contributed by atoms with van der Waals surface area (Å²) in [6.45, 7) is 2.02. The zero-order valence-corrected chi connectivity index (χ0v) is 19.1. The third kappa shape index (κ3) is 4.94. The average molecular weight is 463 g/mol. The summed E-state index contributed by atoms with van der Waals surface area (Å²) >= 11 is 1.25. The molecule has 0 saturated carbocycles. The summed E-state index contributed by atoms with van der Waals surface area (Å²) in [4.78, 5) is 15.8. The molecular formula is C25H22N2O3S2. The average Bonchev–Trinajstić information content (AvgIpc) is 3.41. The van der Waals surface area contributed by atoms with Crippen LogP contribution in [-0.2, 0) is 20.9 Å². The van der Waals surface area contributed by atoms with Gasteiger partial charge in [0, 0.05) is 29.1 Å².